The molecule has 0 radical (unpaired) electrons. The van der Waals surface area contributed by atoms with Crippen molar-refractivity contribution < 1.29 is 18.7 Å². The van der Waals surface area contributed by atoms with Gasteiger partial charge in [0.1, 0.15) is 11.6 Å². The van der Waals surface area contributed by atoms with E-state index in [4.69, 9.17) is 0 Å². The van der Waals surface area contributed by atoms with Gasteiger partial charge in [-0.25, -0.2) is 8.78 Å². The first-order valence-electron chi connectivity index (χ1n) is 11.5. The van der Waals surface area contributed by atoms with Gasteiger partial charge in [-0.3, -0.25) is 4.79 Å². The van der Waals surface area contributed by atoms with E-state index in [-0.39, 0.29) is 30.3 Å². The number of fused-ring (bicyclic) bond motifs is 1. The fourth-order valence-electron chi connectivity index (χ4n) is 4.38. The highest BCUT2D eigenvalue weighted by Gasteiger charge is 2.27. The van der Waals surface area contributed by atoms with Crippen molar-refractivity contribution in [3.05, 3.63) is 64.7 Å². The SMILES string of the molecule is CC(=O)N[C@@H](Cc1cc(F)cc(F)c1)[C@H](O)CN[C@H]1CCNc2ccc(C(C)(C)CC#N)cc21. The minimum Gasteiger partial charge on any atom is -0.390 e. The molecule has 0 bridgehead atoms. The number of hydrogen-bond donors (Lipinski definition) is 4. The zero-order valence-electron chi connectivity index (χ0n) is 19.8. The number of nitrogens with one attached hydrogen (secondary N) is 3. The van der Waals surface area contributed by atoms with Crippen LogP contribution in [-0.2, 0) is 16.6 Å². The van der Waals surface area contributed by atoms with E-state index >= 15 is 0 Å². The van der Waals surface area contributed by atoms with Crippen LogP contribution >= 0.6 is 0 Å². The number of rotatable bonds is 9. The van der Waals surface area contributed by atoms with Gasteiger partial charge >= 0.3 is 0 Å². The Morgan fingerprint density at radius 3 is 2.62 bits per heavy atom. The van der Waals surface area contributed by atoms with E-state index in [9.17, 15) is 23.9 Å². The molecule has 6 nitrogen and oxygen atoms in total. The number of aliphatic hydroxyl groups excluding tert-OH is 1. The van der Waals surface area contributed by atoms with Crippen molar-refractivity contribution in [2.24, 2.45) is 0 Å². The number of aliphatic hydroxyl groups is 1. The summed E-state index contributed by atoms with van der Waals surface area (Å²) in [5, 5.41) is 29.5. The van der Waals surface area contributed by atoms with E-state index in [0.29, 0.717) is 12.0 Å². The van der Waals surface area contributed by atoms with E-state index in [2.05, 4.69) is 28.1 Å². The maximum absolute atomic E-state index is 13.6. The Hall–Kier alpha value is -3.02. The van der Waals surface area contributed by atoms with E-state index in [1.165, 1.54) is 19.1 Å². The molecule has 1 aliphatic rings. The summed E-state index contributed by atoms with van der Waals surface area (Å²) < 4.78 is 27.2. The van der Waals surface area contributed by atoms with Crippen molar-refractivity contribution in [2.75, 3.05) is 18.4 Å². The van der Waals surface area contributed by atoms with Gasteiger partial charge in [-0.1, -0.05) is 26.0 Å². The summed E-state index contributed by atoms with van der Waals surface area (Å²) in [6.07, 6.45) is 0.301. The molecular weight excluding hydrogens is 438 g/mol. The summed E-state index contributed by atoms with van der Waals surface area (Å²) >= 11 is 0. The summed E-state index contributed by atoms with van der Waals surface area (Å²) in [7, 11) is 0. The first-order valence-corrected chi connectivity index (χ1v) is 11.5. The molecule has 0 unspecified atom stereocenters. The van der Waals surface area contributed by atoms with Crippen LogP contribution in [0.4, 0.5) is 14.5 Å². The highest BCUT2D eigenvalue weighted by atomic mass is 19.1. The molecule has 0 aliphatic carbocycles. The van der Waals surface area contributed by atoms with Crippen LogP contribution < -0.4 is 16.0 Å². The number of nitriles is 1. The first-order chi connectivity index (χ1) is 16.1. The van der Waals surface area contributed by atoms with Crippen LogP contribution in [0.3, 0.4) is 0 Å². The van der Waals surface area contributed by atoms with Crippen LogP contribution in [0.5, 0.6) is 0 Å². The number of nitrogens with zero attached hydrogens (tertiary/aromatic N) is 1. The average Bonchev–Trinajstić information content (AvgIpc) is 2.75. The summed E-state index contributed by atoms with van der Waals surface area (Å²) in [6, 6.07) is 10.8. The Balaban J connectivity index is 1.74. The third-order valence-corrected chi connectivity index (χ3v) is 6.28. The lowest BCUT2D eigenvalue weighted by molar-refractivity contribution is -0.120. The average molecular weight is 471 g/mol. The normalized spacial score (nSPS) is 17.1. The van der Waals surface area contributed by atoms with Crippen LogP contribution in [0.25, 0.3) is 0 Å². The summed E-state index contributed by atoms with van der Waals surface area (Å²) in [5.74, 6) is -1.74. The third kappa shape index (κ3) is 6.52. The standard InChI is InChI=1S/C26H32F2N4O2/c1-16(33)32-24(12-17-10-19(27)14-20(28)11-17)25(34)15-31-23-6-9-30-22-5-4-18(13-21(22)23)26(2,3)7-8-29/h4-5,10-11,13-14,23-25,30-31,34H,6-7,9,12,15H2,1-3H3,(H,32,33)/t23-,24-,25+/m0/s1. The zero-order valence-corrected chi connectivity index (χ0v) is 19.8. The van der Waals surface area contributed by atoms with Crippen LogP contribution in [0.2, 0.25) is 0 Å². The number of carbonyl (C=O) groups excluding carboxylic acids is 1. The van der Waals surface area contributed by atoms with Crippen molar-refractivity contribution in [3.8, 4) is 6.07 Å². The lowest BCUT2D eigenvalue weighted by Gasteiger charge is -2.32. The molecule has 4 N–H and O–H groups in total. The molecule has 0 spiro atoms. The Bertz CT molecular complexity index is 1050. The smallest absolute Gasteiger partial charge is 0.217 e. The van der Waals surface area contributed by atoms with Gasteiger partial charge in [-0.15, -0.1) is 0 Å². The highest BCUT2D eigenvalue weighted by Crippen LogP contribution is 2.35. The molecule has 182 valence electrons. The number of benzene rings is 2. The second-order valence-electron chi connectivity index (χ2n) is 9.55. The predicted octanol–water partition coefficient (Wildman–Crippen LogP) is 3.71. The van der Waals surface area contributed by atoms with Gasteiger partial charge < -0.3 is 21.1 Å². The van der Waals surface area contributed by atoms with Crippen LogP contribution in [0, 0.1) is 23.0 Å². The second-order valence-corrected chi connectivity index (χ2v) is 9.55. The molecule has 2 aromatic rings. The van der Waals surface area contributed by atoms with Crippen molar-refractivity contribution in [1.29, 1.82) is 5.26 Å². The summed E-state index contributed by atoms with van der Waals surface area (Å²) in [4.78, 5) is 11.7. The number of anilines is 1. The van der Waals surface area contributed by atoms with E-state index in [1.807, 2.05) is 26.0 Å². The summed E-state index contributed by atoms with van der Waals surface area (Å²) in [5.41, 5.74) is 3.19. The minimum atomic E-state index is -0.980. The predicted molar refractivity (Wildman–Crippen MR) is 127 cm³/mol. The van der Waals surface area contributed by atoms with Crippen molar-refractivity contribution >= 4 is 11.6 Å². The molecule has 3 atom stereocenters. The maximum atomic E-state index is 13.6. The Morgan fingerprint density at radius 2 is 1.97 bits per heavy atom. The molecule has 0 saturated carbocycles. The van der Waals surface area contributed by atoms with Crippen molar-refractivity contribution in [2.45, 2.75) is 63.6 Å². The van der Waals surface area contributed by atoms with Gasteiger partial charge in [0.15, 0.2) is 0 Å². The van der Waals surface area contributed by atoms with Gasteiger partial charge in [0.25, 0.3) is 0 Å². The van der Waals surface area contributed by atoms with Gasteiger partial charge in [0, 0.05) is 49.6 Å². The Labute approximate surface area is 199 Å². The van der Waals surface area contributed by atoms with E-state index < -0.39 is 23.8 Å². The maximum Gasteiger partial charge on any atom is 0.217 e. The van der Waals surface area contributed by atoms with Crippen molar-refractivity contribution in [1.82, 2.24) is 10.6 Å². The van der Waals surface area contributed by atoms with Gasteiger partial charge in [0.05, 0.1) is 18.2 Å². The largest absolute Gasteiger partial charge is 0.390 e. The van der Waals surface area contributed by atoms with E-state index in [1.54, 1.807) is 0 Å². The second kappa shape index (κ2) is 10.9. The molecule has 8 heteroatoms. The molecule has 2 aromatic carbocycles. The highest BCUT2D eigenvalue weighted by molar-refractivity contribution is 5.73. The molecule has 0 fully saturated rings. The van der Waals surface area contributed by atoms with Crippen molar-refractivity contribution in [3.63, 3.8) is 0 Å². The number of amides is 1. The molecule has 34 heavy (non-hydrogen) atoms. The molecule has 0 saturated heterocycles. The third-order valence-electron chi connectivity index (χ3n) is 6.28. The molecule has 1 aliphatic heterocycles. The fraction of sp³-hybridized carbons (Fsp3) is 0.462. The molecule has 1 amide bonds. The van der Waals surface area contributed by atoms with Crippen LogP contribution in [0.15, 0.2) is 36.4 Å². The lowest BCUT2D eigenvalue weighted by atomic mass is 9.80. The monoisotopic (exact) mass is 470 g/mol. The summed E-state index contributed by atoms with van der Waals surface area (Å²) in [6.45, 7) is 6.35. The minimum absolute atomic E-state index is 0.0340. The fourth-order valence-corrected chi connectivity index (χ4v) is 4.38. The van der Waals surface area contributed by atoms with Crippen LogP contribution in [-0.4, -0.2) is 36.2 Å². The Morgan fingerprint density at radius 1 is 1.26 bits per heavy atom. The quantitative estimate of drug-likeness (QED) is 0.448. The molecular formula is C26H32F2N4O2. The Kier molecular flexibility index (Phi) is 8.24. The van der Waals surface area contributed by atoms with E-state index in [0.717, 1.165) is 35.8 Å². The number of halogens is 2. The van der Waals surface area contributed by atoms with Gasteiger partial charge in [-0.05, 0) is 47.7 Å². The first kappa shape index (κ1) is 25.6. The van der Waals surface area contributed by atoms with Gasteiger partial charge in [-0.2, -0.15) is 5.26 Å². The van der Waals surface area contributed by atoms with Crippen LogP contribution in [0.1, 0.15) is 56.3 Å². The number of hydrogen-bond acceptors (Lipinski definition) is 5. The lowest BCUT2D eigenvalue weighted by Crippen LogP contribution is -2.48. The molecule has 3 rings (SSSR count). The number of carbonyl (C=O) groups is 1. The zero-order chi connectivity index (χ0) is 24.9. The molecule has 0 aromatic heterocycles. The topological polar surface area (TPSA) is 97.2 Å². The molecule has 1 heterocycles. The van der Waals surface area contributed by atoms with Gasteiger partial charge in [0.2, 0.25) is 5.91 Å².